The number of carbonyl (C=O) groups excluding carboxylic acids is 1. The van der Waals surface area contributed by atoms with Crippen molar-refractivity contribution in [1.82, 2.24) is 4.98 Å². The lowest BCUT2D eigenvalue weighted by atomic mass is 9.99. The number of aromatic nitrogens is 1. The molecule has 4 nitrogen and oxygen atoms in total. The van der Waals surface area contributed by atoms with Gasteiger partial charge in [0.15, 0.2) is 0 Å². The molecule has 0 bridgehead atoms. The summed E-state index contributed by atoms with van der Waals surface area (Å²) in [7, 11) is 0. The van der Waals surface area contributed by atoms with Crippen LogP contribution in [0.15, 0.2) is 18.2 Å². The number of thiazole rings is 1. The first-order valence-electron chi connectivity index (χ1n) is 7.27. The summed E-state index contributed by atoms with van der Waals surface area (Å²) in [6.45, 7) is 4.71. The minimum Gasteiger partial charge on any atom is -0.398 e. The fraction of sp³-hybridized carbons (Fsp3) is 0.375. The van der Waals surface area contributed by atoms with E-state index in [0.717, 1.165) is 58.3 Å². The molecule has 0 radical (unpaired) electrons. The number of carbonyl (C=O) groups is 1. The third-order valence-electron chi connectivity index (χ3n) is 3.87. The topological polar surface area (TPSA) is 59.2 Å². The Bertz CT molecular complexity index is 693. The normalized spacial score (nSPS) is 14.1. The molecule has 1 aliphatic rings. The number of benzene rings is 1. The Hall–Kier alpha value is -1.88. The largest absolute Gasteiger partial charge is 0.398 e. The van der Waals surface area contributed by atoms with Crippen molar-refractivity contribution in [1.29, 1.82) is 0 Å². The molecule has 0 saturated carbocycles. The first-order chi connectivity index (χ1) is 10.1. The Balaban J connectivity index is 2.00. The molecule has 0 saturated heterocycles. The van der Waals surface area contributed by atoms with Crippen LogP contribution < -0.4 is 10.6 Å². The molecule has 110 valence electrons. The molecule has 2 aromatic rings. The fourth-order valence-corrected chi connectivity index (χ4v) is 3.74. The number of nitrogens with zero attached hydrogens (tertiary/aromatic N) is 2. The standard InChI is InChI=1S/C16H19N3OS/c1-3-14-18-10(2)15(21-14)16(20)19-9-5-6-11-12(17)7-4-8-13(11)19/h4,7-8H,3,5-6,9,17H2,1-2H3. The van der Waals surface area contributed by atoms with Gasteiger partial charge in [-0.3, -0.25) is 4.79 Å². The van der Waals surface area contributed by atoms with Gasteiger partial charge in [-0.05, 0) is 43.9 Å². The Morgan fingerprint density at radius 3 is 3.00 bits per heavy atom. The fourth-order valence-electron chi connectivity index (χ4n) is 2.79. The highest BCUT2D eigenvalue weighted by Crippen LogP contribution is 2.33. The molecule has 1 aromatic carbocycles. The molecule has 5 heteroatoms. The smallest absolute Gasteiger partial charge is 0.270 e. The third kappa shape index (κ3) is 2.42. The monoisotopic (exact) mass is 301 g/mol. The van der Waals surface area contributed by atoms with Crippen molar-refractivity contribution < 1.29 is 4.79 Å². The summed E-state index contributed by atoms with van der Waals surface area (Å²) < 4.78 is 0. The molecule has 0 fully saturated rings. The maximum Gasteiger partial charge on any atom is 0.270 e. The SMILES string of the molecule is CCc1nc(C)c(C(=O)N2CCCc3c(N)cccc32)s1. The van der Waals surface area contributed by atoms with Gasteiger partial charge in [-0.25, -0.2) is 4.98 Å². The van der Waals surface area contributed by atoms with Crippen LogP contribution in [0, 0.1) is 6.92 Å². The van der Waals surface area contributed by atoms with E-state index in [-0.39, 0.29) is 5.91 Å². The molecule has 0 spiro atoms. The van der Waals surface area contributed by atoms with Crippen molar-refractivity contribution >= 4 is 28.6 Å². The van der Waals surface area contributed by atoms with Crippen LogP contribution in [-0.2, 0) is 12.8 Å². The second-order valence-corrected chi connectivity index (χ2v) is 6.36. The lowest BCUT2D eigenvalue weighted by Crippen LogP contribution is -2.35. The van der Waals surface area contributed by atoms with Gasteiger partial charge in [0.1, 0.15) is 4.88 Å². The molecule has 1 amide bonds. The number of anilines is 2. The van der Waals surface area contributed by atoms with Crippen molar-refractivity contribution in [2.75, 3.05) is 17.2 Å². The number of hydrogen-bond donors (Lipinski definition) is 1. The van der Waals surface area contributed by atoms with E-state index >= 15 is 0 Å². The molecule has 2 heterocycles. The summed E-state index contributed by atoms with van der Waals surface area (Å²) in [5.41, 5.74) is 9.71. The van der Waals surface area contributed by atoms with Crippen LogP contribution in [0.1, 0.15) is 39.3 Å². The van der Waals surface area contributed by atoms with E-state index in [9.17, 15) is 4.79 Å². The summed E-state index contributed by atoms with van der Waals surface area (Å²) >= 11 is 1.51. The average molecular weight is 301 g/mol. The Morgan fingerprint density at radius 1 is 1.48 bits per heavy atom. The minimum atomic E-state index is 0.0521. The number of fused-ring (bicyclic) bond motifs is 1. The lowest BCUT2D eigenvalue weighted by Gasteiger charge is -2.30. The van der Waals surface area contributed by atoms with Gasteiger partial charge in [-0.2, -0.15) is 0 Å². The maximum atomic E-state index is 12.9. The van der Waals surface area contributed by atoms with Gasteiger partial charge in [0.25, 0.3) is 5.91 Å². The summed E-state index contributed by atoms with van der Waals surface area (Å²) in [6, 6.07) is 5.80. The van der Waals surface area contributed by atoms with E-state index in [1.54, 1.807) is 0 Å². The number of amides is 1. The van der Waals surface area contributed by atoms with Gasteiger partial charge >= 0.3 is 0 Å². The Kier molecular flexibility index (Phi) is 3.68. The average Bonchev–Trinajstić information content (AvgIpc) is 2.88. The van der Waals surface area contributed by atoms with Gasteiger partial charge in [-0.15, -0.1) is 11.3 Å². The highest BCUT2D eigenvalue weighted by Gasteiger charge is 2.27. The minimum absolute atomic E-state index is 0.0521. The molecular formula is C16H19N3OS. The van der Waals surface area contributed by atoms with Crippen molar-refractivity contribution in [2.45, 2.75) is 33.1 Å². The third-order valence-corrected chi connectivity index (χ3v) is 5.16. The van der Waals surface area contributed by atoms with Crippen molar-refractivity contribution in [2.24, 2.45) is 0 Å². The molecule has 1 aliphatic heterocycles. The van der Waals surface area contributed by atoms with Crippen LogP contribution in [0.5, 0.6) is 0 Å². The van der Waals surface area contributed by atoms with Crippen molar-refractivity contribution in [3.63, 3.8) is 0 Å². The maximum absolute atomic E-state index is 12.9. The van der Waals surface area contributed by atoms with Crippen LogP contribution in [0.2, 0.25) is 0 Å². The molecular weight excluding hydrogens is 282 g/mol. The van der Waals surface area contributed by atoms with Gasteiger partial charge in [0, 0.05) is 17.9 Å². The van der Waals surface area contributed by atoms with Crippen LogP contribution in [0.4, 0.5) is 11.4 Å². The number of aryl methyl sites for hydroxylation is 2. The molecule has 1 aromatic heterocycles. The molecule has 0 unspecified atom stereocenters. The molecule has 0 atom stereocenters. The Morgan fingerprint density at radius 2 is 2.29 bits per heavy atom. The second kappa shape index (κ2) is 5.48. The quantitative estimate of drug-likeness (QED) is 0.867. The zero-order valence-electron chi connectivity index (χ0n) is 12.3. The molecule has 3 rings (SSSR count). The van der Waals surface area contributed by atoms with Crippen LogP contribution in [-0.4, -0.2) is 17.4 Å². The number of nitrogens with two attached hydrogens (primary N) is 1. The number of rotatable bonds is 2. The number of nitrogen functional groups attached to an aromatic ring is 1. The van der Waals surface area contributed by atoms with E-state index in [1.165, 1.54) is 11.3 Å². The summed E-state index contributed by atoms with van der Waals surface area (Å²) in [5, 5.41) is 1.01. The Labute approximate surface area is 128 Å². The van der Waals surface area contributed by atoms with Gasteiger partial charge in [0.05, 0.1) is 10.7 Å². The van der Waals surface area contributed by atoms with E-state index < -0.39 is 0 Å². The highest BCUT2D eigenvalue weighted by atomic mass is 32.1. The molecule has 21 heavy (non-hydrogen) atoms. The predicted octanol–water partition coefficient (Wildman–Crippen LogP) is 3.19. The van der Waals surface area contributed by atoms with E-state index in [1.807, 2.05) is 30.0 Å². The summed E-state index contributed by atoms with van der Waals surface area (Å²) in [5.74, 6) is 0.0521. The summed E-state index contributed by atoms with van der Waals surface area (Å²) in [6.07, 6.45) is 2.75. The zero-order chi connectivity index (χ0) is 15.0. The van der Waals surface area contributed by atoms with Crippen LogP contribution in [0.3, 0.4) is 0 Å². The van der Waals surface area contributed by atoms with Crippen molar-refractivity contribution in [3.8, 4) is 0 Å². The van der Waals surface area contributed by atoms with Crippen molar-refractivity contribution in [3.05, 3.63) is 39.3 Å². The molecule has 2 N–H and O–H groups in total. The predicted molar refractivity (Wildman–Crippen MR) is 87.1 cm³/mol. The highest BCUT2D eigenvalue weighted by molar-refractivity contribution is 7.13. The first-order valence-corrected chi connectivity index (χ1v) is 8.09. The summed E-state index contributed by atoms with van der Waals surface area (Å²) in [4.78, 5) is 20.0. The van der Waals surface area contributed by atoms with Gasteiger partial charge < -0.3 is 10.6 Å². The van der Waals surface area contributed by atoms with E-state index in [2.05, 4.69) is 11.9 Å². The van der Waals surface area contributed by atoms with Gasteiger partial charge in [0.2, 0.25) is 0 Å². The van der Waals surface area contributed by atoms with Gasteiger partial charge in [-0.1, -0.05) is 13.0 Å². The van der Waals surface area contributed by atoms with E-state index in [4.69, 9.17) is 5.73 Å². The van der Waals surface area contributed by atoms with Crippen LogP contribution in [0.25, 0.3) is 0 Å². The second-order valence-electron chi connectivity index (χ2n) is 5.28. The first kappa shape index (κ1) is 14.1. The van der Waals surface area contributed by atoms with E-state index in [0.29, 0.717) is 0 Å². The molecule has 0 aliphatic carbocycles. The zero-order valence-corrected chi connectivity index (χ0v) is 13.2. The lowest BCUT2D eigenvalue weighted by molar-refractivity contribution is 0.0988. The van der Waals surface area contributed by atoms with Crippen LogP contribution >= 0.6 is 11.3 Å². The number of hydrogen-bond acceptors (Lipinski definition) is 4.